The highest BCUT2D eigenvalue weighted by atomic mass is 35.5. The van der Waals surface area contributed by atoms with Crippen LogP contribution in [0, 0.1) is 5.92 Å². The largest absolute Gasteiger partial charge is 0.0930 e. The number of rotatable bonds is 5. The second-order valence-electron chi connectivity index (χ2n) is 3.89. The van der Waals surface area contributed by atoms with Gasteiger partial charge in [-0.25, -0.2) is 0 Å². The van der Waals surface area contributed by atoms with Crippen molar-refractivity contribution in [2.75, 3.05) is 0 Å². The molecule has 1 rings (SSSR count). The van der Waals surface area contributed by atoms with Crippen molar-refractivity contribution in [3.8, 4) is 0 Å². The zero-order valence-corrected chi connectivity index (χ0v) is 8.74. The first-order valence-electron chi connectivity index (χ1n) is 5.15. The van der Waals surface area contributed by atoms with Crippen LogP contribution in [0.5, 0.6) is 0 Å². The molecule has 0 N–H and O–H groups in total. The van der Waals surface area contributed by atoms with E-state index in [0.717, 1.165) is 5.92 Å². The molecule has 0 aromatic carbocycles. The van der Waals surface area contributed by atoms with Gasteiger partial charge in [0.25, 0.3) is 0 Å². The molecule has 1 aliphatic rings. The van der Waals surface area contributed by atoms with Crippen LogP contribution < -0.4 is 0 Å². The maximum Gasteiger partial charge on any atom is 0.00346 e. The second kappa shape index (κ2) is 5.64. The van der Waals surface area contributed by atoms with Gasteiger partial charge in [0.15, 0.2) is 0 Å². The standard InChI is InChI=1S/C11H19Cl/c1-2-3-4-5-6-10-7-11(8-10)9-12/h9-10H,2-8H2,1H3. The van der Waals surface area contributed by atoms with Gasteiger partial charge in [0.2, 0.25) is 0 Å². The van der Waals surface area contributed by atoms with Crippen molar-refractivity contribution in [2.45, 2.75) is 51.9 Å². The Kier molecular flexibility index (Phi) is 4.75. The van der Waals surface area contributed by atoms with E-state index in [2.05, 4.69) is 6.92 Å². The summed E-state index contributed by atoms with van der Waals surface area (Å²) < 4.78 is 0. The summed E-state index contributed by atoms with van der Waals surface area (Å²) in [6.07, 6.45) is 9.57. The smallest absolute Gasteiger partial charge is 0.00346 e. The molecule has 0 aromatic rings. The van der Waals surface area contributed by atoms with E-state index in [1.54, 1.807) is 5.54 Å². The lowest BCUT2D eigenvalue weighted by Gasteiger charge is -2.28. The van der Waals surface area contributed by atoms with Gasteiger partial charge in [0, 0.05) is 5.54 Å². The Morgan fingerprint density at radius 3 is 2.67 bits per heavy atom. The highest BCUT2D eigenvalue weighted by molar-refractivity contribution is 6.25. The summed E-state index contributed by atoms with van der Waals surface area (Å²) in [7, 11) is 0. The molecule has 1 heteroatoms. The summed E-state index contributed by atoms with van der Waals surface area (Å²) in [5.74, 6) is 0.965. The first kappa shape index (κ1) is 10.1. The molecule has 0 bridgehead atoms. The SMILES string of the molecule is CCCCCCC1CC(=CCl)C1. The maximum absolute atomic E-state index is 5.59. The first-order valence-corrected chi connectivity index (χ1v) is 5.58. The molecule has 0 aromatic heterocycles. The van der Waals surface area contributed by atoms with Crippen LogP contribution in [0.3, 0.4) is 0 Å². The highest BCUT2D eigenvalue weighted by Gasteiger charge is 2.21. The molecule has 0 aliphatic heterocycles. The van der Waals surface area contributed by atoms with Crippen molar-refractivity contribution in [2.24, 2.45) is 5.92 Å². The maximum atomic E-state index is 5.59. The lowest BCUT2D eigenvalue weighted by molar-refractivity contribution is 0.372. The van der Waals surface area contributed by atoms with Crippen LogP contribution in [0.2, 0.25) is 0 Å². The highest BCUT2D eigenvalue weighted by Crippen LogP contribution is 2.36. The molecule has 0 radical (unpaired) electrons. The average Bonchev–Trinajstić information content (AvgIpc) is 2.01. The third kappa shape index (κ3) is 3.18. The molecule has 0 nitrogen and oxygen atoms in total. The Labute approximate surface area is 81.0 Å². The lowest BCUT2D eigenvalue weighted by Crippen LogP contribution is -2.13. The Morgan fingerprint density at radius 1 is 1.33 bits per heavy atom. The zero-order valence-electron chi connectivity index (χ0n) is 7.98. The fourth-order valence-electron chi connectivity index (χ4n) is 1.83. The molecule has 0 heterocycles. The molecule has 0 spiro atoms. The molecule has 0 amide bonds. The minimum absolute atomic E-state index is 0.965. The van der Waals surface area contributed by atoms with E-state index in [-0.39, 0.29) is 0 Å². The summed E-state index contributed by atoms with van der Waals surface area (Å²) in [5.41, 5.74) is 3.22. The lowest BCUT2D eigenvalue weighted by atomic mass is 9.78. The van der Waals surface area contributed by atoms with E-state index in [0.29, 0.717) is 0 Å². The number of halogens is 1. The third-order valence-corrected chi connectivity index (χ3v) is 3.03. The monoisotopic (exact) mass is 186 g/mol. The summed E-state index contributed by atoms with van der Waals surface area (Å²) in [4.78, 5) is 0. The van der Waals surface area contributed by atoms with Crippen LogP contribution >= 0.6 is 11.6 Å². The number of hydrogen-bond acceptors (Lipinski definition) is 0. The van der Waals surface area contributed by atoms with Crippen LogP contribution in [-0.2, 0) is 0 Å². The summed E-state index contributed by atoms with van der Waals surface area (Å²) >= 11 is 5.59. The quantitative estimate of drug-likeness (QED) is 0.555. The third-order valence-electron chi connectivity index (χ3n) is 2.72. The Bertz CT molecular complexity index is 141. The van der Waals surface area contributed by atoms with Crippen molar-refractivity contribution in [3.05, 3.63) is 11.1 Å². The number of unbranched alkanes of at least 4 members (excludes halogenated alkanes) is 3. The average molecular weight is 187 g/mol. The zero-order chi connectivity index (χ0) is 8.81. The van der Waals surface area contributed by atoms with Crippen LogP contribution in [0.25, 0.3) is 0 Å². The van der Waals surface area contributed by atoms with E-state index in [1.165, 1.54) is 50.5 Å². The van der Waals surface area contributed by atoms with Gasteiger partial charge >= 0.3 is 0 Å². The van der Waals surface area contributed by atoms with Crippen molar-refractivity contribution in [1.29, 1.82) is 0 Å². The summed E-state index contributed by atoms with van der Waals surface area (Å²) in [5, 5.41) is 0. The fraction of sp³-hybridized carbons (Fsp3) is 0.818. The van der Waals surface area contributed by atoms with Gasteiger partial charge in [0.05, 0.1) is 0 Å². The summed E-state index contributed by atoms with van der Waals surface area (Å²) in [6.45, 7) is 2.26. The molecule has 0 atom stereocenters. The fourth-order valence-corrected chi connectivity index (χ4v) is 2.01. The van der Waals surface area contributed by atoms with Crippen LogP contribution in [0.4, 0.5) is 0 Å². The van der Waals surface area contributed by atoms with Gasteiger partial charge in [-0.05, 0) is 25.2 Å². The van der Waals surface area contributed by atoms with E-state index in [4.69, 9.17) is 11.6 Å². The minimum atomic E-state index is 0.965. The molecular weight excluding hydrogens is 168 g/mol. The minimum Gasteiger partial charge on any atom is -0.0930 e. The molecular formula is C11H19Cl. The predicted octanol–water partition coefficient (Wildman–Crippen LogP) is 4.49. The second-order valence-corrected chi connectivity index (χ2v) is 4.11. The van der Waals surface area contributed by atoms with E-state index in [9.17, 15) is 0 Å². The van der Waals surface area contributed by atoms with Crippen molar-refractivity contribution in [1.82, 2.24) is 0 Å². The molecule has 1 fully saturated rings. The Hall–Kier alpha value is 0.0300. The molecule has 70 valence electrons. The van der Waals surface area contributed by atoms with E-state index in [1.807, 2.05) is 0 Å². The summed E-state index contributed by atoms with van der Waals surface area (Å²) in [6, 6.07) is 0. The normalized spacial score (nSPS) is 22.2. The molecule has 12 heavy (non-hydrogen) atoms. The van der Waals surface area contributed by atoms with Crippen molar-refractivity contribution < 1.29 is 0 Å². The topological polar surface area (TPSA) is 0 Å². The van der Waals surface area contributed by atoms with Gasteiger partial charge < -0.3 is 0 Å². The van der Waals surface area contributed by atoms with Gasteiger partial charge in [0.1, 0.15) is 0 Å². The van der Waals surface area contributed by atoms with Gasteiger partial charge in [-0.2, -0.15) is 0 Å². The van der Waals surface area contributed by atoms with Gasteiger partial charge in [-0.1, -0.05) is 49.8 Å². The molecule has 1 aliphatic carbocycles. The van der Waals surface area contributed by atoms with Crippen LogP contribution in [-0.4, -0.2) is 0 Å². The van der Waals surface area contributed by atoms with Gasteiger partial charge in [-0.3, -0.25) is 0 Å². The number of allylic oxidation sites excluding steroid dienone is 1. The predicted molar refractivity (Wildman–Crippen MR) is 55.4 cm³/mol. The van der Waals surface area contributed by atoms with Crippen molar-refractivity contribution in [3.63, 3.8) is 0 Å². The van der Waals surface area contributed by atoms with E-state index < -0.39 is 0 Å². The molecule has 0 saturated heterocycles. The molecule has 0 unspecified atom stereocenters. The molecule has 1 saturated carbocycles. The Morgan fingerprint density at radius 2 is 2.08 bits per heavy atom. The Balaban J connectivity index is 1.90. The number of hydrogen-bond donors (Lipinski definition) is 0. The van der Waals surface area contributed by atoms with Crippen LogP contribution in [0.1, 0.15) is 51.9 Å². The van der Waals surface area contributed by atoms with E-state index >= 15 is 0 Å². The van der Waals surface area contributed by atoms with Gasteiger partial charge in [-0.15, -0.1) is 0 Å². The van der Waals surface area contributed by atoms with Crippen molar-refractivity contribution >= 4 is 11.6 Å². The first-order chi connectivity index (χ1) is 5.86. The van der Waals surface area contributed by atoms with Crippen LogP contribution in [0.15, 0.2) is 11.1 Å².